The second-order valence-corrected chi connectivity index (χ2v) is 7.92. The van der Waals surface area contributed by atoms with Gasteiger partial charge in [-0.15, -0.1) is 0 Å². The Kier molecular flexibility index (Phi) is 5.85. The van der Waals surface area contributed by atoms with E-state index in [9.17, 15) is 4.79 Å². The Hall–Kier alpha value is -2.33. The number of carbonyl (C=O) groups is 1. The van der Waals surface area contributed by atoms with Gasteiger partial charge in [0.25, 0.3) is 0 Å². The van der Waals surface area contributed by atoms with Gasteiger partial charge in [-0.05, 0) is 66.1 Å². The number of benzene rings is 2. The summed E-state index contributed by atoms with van der Waals surface area (Å²) in [6, 6.07) is 16.2. The van der Waals surface area contributed by atoms with Crippen LogP contribution in [0.15, 0.2) is 48.5 Å². The van der Waals surface area contributed by atoms with Crippen LogP contribution in [0, 0.1) is 5.92 Å². The van der Waals surface area contributed by atoms with Gasteiger partial charge in [-0.25, -0.2) is 0 Å². The van der Waals surface area contributed by atoms with Crippen molar-refractivity contribution in [1.82, 2.24) is 4.90 Å². The van der Waals surface area contributed by atoms with Gasteiger partial charge in [0.1, 0.15) is 5.75 Å². The second kappa shape index (κ2) is 8.13. The quantitative estimate of drug-likeness (QED) is 0.849. The molecule has 144 valence electrons. The number of nitrogens with two attached hydrogens (primary N) is 1. The molecule has 0 spiro atoms. The first-order valence-electron chi connectivity index (χ1n) is 9.68. The molecule has 1 amide bonds. The van der Waals surface area contributed by atoms with Gasteiger partial charge < -0.3 is 15.4 Å². The number of nitrogens with zero attached hydrogens (tertiary/aromatic N) is 1. The summed E-state index contributed by atoms with van der Waals surface area (Å²) in [6.45, 7) is 7.80. The van der Waals surface area contributed by atoms with Gasteiger partial charge in [0.15, 0.2) is 0 Å². The maximum absolute atomic E-state index is 11.5. The first kappa shape index (κ1) is 19.4. The highest BCUT2D eigenvalue weighted by Gasteiger charge is 2.38. The molecule has 0 aliphatic carbocycles. The van der Waals surface area contributed by atoms with Crippen molar-refractivity contribution < 1.29 is 9.53 Å². The van der Waals surface area contributed by atoms with Crippen molar-refractivity contribution in [2.45, 2.75) is 32.1 Å². The van der Waals surface area contributed by atoms with E-state index in [0.29, 0.717) is 11.5 Å². The molecule has 1 fully saturated rings. The van der Waals surface area contributed by atoms with Crippen LogP contribution < -0.4 is 10.5 Å². The number of carbonyl (C=O) groups excluding carboxylic acids is 1. The number of primary amides is 1. The van der Waals surface area contributed by atoms with Crippen molar-refractivity contribution in [1.29, 1.82) is 0 Å². The molecule has 4 nitrogen and oxygen atoms in total. The summed E-state index contributed by atoms with van der Waals surface area (Å²) in [5, 5.41) is 0. The molecule has 27 heavy (non-hydrogen) atoms. The molecule has 2 aromatic rings. The van der Waals surface area contributed by atoms with Crippen molar-refractivity contribution in [3.05, 3.63) is 65.2 Å². The predicted octanol–water partition coefficient (Wildman–Crippen LogP) is 3.64. The maximum Gasteiger partial charge on any atom is 0.248 e. The third-order valence-electron chi connectivity index (χ3n) is 6.22. The monoisotopic (exact) mass is 366 g/mol. The summed E-state index contributed by atoms with van der Waals surface area (Å²) in [5.74, 6) is 1.06. The van der Waals surface area contributed by atoms with Crippen LogP contribution in [0.5, 0.6) is 5.75 Å². The zero-order valence-corrected chi connectivity index (χ0v) is 16.6. The Labute approximate surface area is 162 Å². The summed E-state index contributed by atoms with van der Waals surface area (Å²) >= 11 is 0. The lowest BCUT2D eigenvalue weighted by Crippen LogP contribution is -2.47. The number of piperidine rings is 1. The van der Waals surface area contributed by atoms with Crippen molar-refractivity contribution >= 4 is 5.91 Å². The molecule has 1 aliphatic heterocycles. The fourth-order valence-corrected chi connectivity index (χ4v) is 4.09. The largest absolute Gasteiger partial charge is 0.497 e. The minimum absolute atomic E-state index is 0.0674. The van der Waals surface area contributed by atoms with Crippen molar-refractivity contribution in [2.24, 2.45) is 11.7 Å². The Balaban J connectivity index is 1.64. The number of ether oxygens (including phenoxy) is 1. The molecule has 4 heteroatoms. The molecule has 3 rings (SSSR count). The molecular weight excluding hydrogens is 336 g/mol. The first-order chi connectivity index (χ1) is 12.9. The minimum atomic E-state index is -0.358. The Bertz CT molecular complexity index is 804. The van der Waals surface area contributed by atoms with Gasteiger partial charge in [0, 0.05) is 18.7 Å². The Morgan fingerprint density at radius 3 is 2.74 bits per heavy atom. The van der Waals surface area contributed by atoms with Gasteiger partial charge in [0.2, 0.25) is 5.91 Å². The van der Waals surface area contributed by atoms with Crippen LogP contribution in [0.25, 0.3) is 0 Å². The lowest BCUT2D eigenvalue weighted by atomic mass is 9.68. The van der Waals surface area contributed by atoms with Crippen molar-refractivity contribution in [3.8, 4) is 5.75 Å². The lowest BCUT2D eigenvalue weighted by molar-refractivity contribution is 0.0998. The van der Waals surface area contributed by atoms with Gasteiger partial charge in [-0.3, -0.25) is 4.79 Å². The first-order valence-corrected chi connectivity index (χ1v) is 9.68. The number of rotatable bonds is 6. The van der Waals surface area contributed by atoms with Crippen LogP contribution in [-0.4, -0.2) is 37.6 Å². The maximum atomic E-state index is 11.5. The molecule has 2 aromatic carbocycles. The molecule has 0 radical (unpaired) electrons. The van der Waals surface area contributed by atoms with E-state index < -0.39 is 0 Å². The van der Waals surface area contributed by atoms with Gasteiger partial charge in [-0.2, -0.15) is 0 Å². The smallest absolute Gasteiger partial charge is 0.248 e. The highest BCUT2D eigenvalue weighted by Crippen LogP contribution is 2.39. The van der Waals surface area contributed by atoms with E-state index in [1.54, 1.807) is 13.2 Å². The van der Waals surface area contributed by atoms with E-state index >= 15 is 0 Å². The molecule has 0 bridgehead atoms. The van der Waals surface area contributed by atoms with Gasteiger partial charge >= 0.3 is 0 Å². The van der Waals surface area contributed by atoms with E-state index in [2.05, 4.69) is 43.0 Å². The lowest BCUT2D eigenvalue weighted by Gasteiger charge is -2.45. The van der Waals surface area contributed by atoms with E-state index in [0.717, 1.165) is 38.2 Å². The van der Waals surface area contributed by atoms with Crippen LogP contribution in [0.1, 0.15) is 41.8 Å². The van der Waals surface area contributed by atoms with E-state index in [1.807, 2.05) is 18.2 Å². The zero-order chi connectivity index (χ0) is 19.4. The van der Waals surface area contributed by atoms with Crippen LogP contribution in [-0.2, 0) is 11.8 Å². The highest BCUT2D eigenvalue weighted by atomic mass is 16.5. The van der Waals surface area contributed by atoms with E-state index in [1.165, 1.54) is 11.1 Å². The summed E-state index contributed by atoms with van der Waals surface area (Å²) in [7, 11) is 1.71. The minimum Gasteiger partial charge on any atom is -0.497 e. The van der Waals surface area contributed by atoms with E-state index in [4.69, 9.17) is 10.5 Å². The molecule has 1 heterocycles. The molecule has 0 saturated carbocycles. The molecular formula is C23H30N2O2. The molecule has 2 atom stereocenters. The summed E-state index contributed by atoms with van der Waals surface area (Å²) in [6.07, 6.45) is 2.10. The van der Waals surface area contributed by atoms with Crippen LogP contribution in [0.3, 0.4) is 0 Å². The summed E-state index contributed by atoms with van der Waals surface area (Å²) in [5.41, 5.74) is 8.67. The number of amides is 1. The SMILES string of the molecule is COc1cccc(CCN2CC[C@](C)(c3cccc(C(N)=O)c3)[C@@H](C)C2)c1. The van der Waals surface area contributed by atoms with Crippen molar-refractivity contribution in [3.63, 3.8) is 0 Å². The molecule has 1 aliphatic rings. The third kappa shape index (κ3) is 4.33. The number of methoxy groups -OCH3 is 1. The average Bonchev–Trinajstić information content (AvgIpc) is 2.69. The Morgan fingerprint density at radius 2 is 2.04 bits per heavy atom. The number of likely N-dealkylation sites (tertiary alicyclic amines) is 1. The molecule has 0 unspecified atom stereocenters. The van der Waals surface area contributed by atoms with Crippen LogP contribution in [0.2, 0.25) is 0 Å². The molecule has 2 N–H and O–H groups in total. The topological polar surface area (TPSA) is 55.6 Å². The fraction of sp³-hybridized carbons (Fsp3) is 0.435. The zero-order valence-electron chi connectivity index (χ0n) is 16.6. The predicted molar refractivity (Wildman–Crippen MR) is 109 cm³/mol. The normalized spacial score (nSPS) is 23.1. The summed E-state index contributed by atoms with van der Waals surface area (Å²) < 4.78 is 5.32. The number of hydrogen-bond acceptors (Lipinski definition) is 3. The van der Waals surface area contributed by atoms with Crippen LogP contribution >= 0.6 is 0 Å². The number of hydrogen-bond donors (Lipinski definition) is 1. The average molecular weight is 367 g/mol. The molecule has 1 saturated heterocycles. The van der Waals surface area contributed by atoms with Gasteiger partial charge in [-0.1, -0.05) is 38.1 Å². The standard InChI is InChI=1S/C23H30N2O2/c1-17-16-25(12-10-18-6-4-9-21(14-18)27-3)13-11-23(17,2)20-8-5-7-19(15-20)22(24)26/h4-9,14-15,17H,10-13,16H2,1-3H3,(H2,24,26)/t17-,23-/m0/s1. The van der Waals surface area contributed by atoms with Crippen LogP contribution in [0.4, 0.5) is 0 Å². The van der Waals surface area contributed by atoms with Gasteiger partial charge in [0.05, 0.1) is 7.11 Å². The summed E-state index contributed by atoms with van der Waals surface area (Å²) in [4.78, 5) is 14.1. The Morgan fingerprint density at radius 1 is 1.26 bits per heavy atom. The van der Waals surface area contributed by atoms with Crippen molar-refractivity contribution in [2.75, 3.05) is 26.7 Å². The third-order valence-corrected chi connectivity index (χ3v) is 6.22. The second-order valence-electron chi connectivity index (χ2n) is 7.92. The molecule has 0 aromatic heterocycles. The highest BCUT2D eigenvalue weighted by molar-refractivity contribution is 5.92. The fourth-order valence-electron chi connectivity index (χ4n) is 4.09. The van der Waals surface area contributed by atoms with E-state index in [-0.39, 0.29) is 11.3 Å².